The van der Waals surface area contributed by atoms with Gasteiger partial charge in [0.1, 0.15) is 5.21 Å². The maximum absolute atomic E-state index is 11.3. The van der Waals surface area contributed by atoms with Crippen LogP contribution in [0.1, 0.15) is 12.8 Å². The minimum absolute atomic E-state index is 0.312. The fraction of sp³-hybridized carbons (Fsp3) is 1.00. The van der Waals surface area contributed by atoms with Crippen molar-refractivity contribution in [2.24, 2.45) is 5.92 Å². The van der Waals surface area contributed by atoms with Gasteiger partial charge in [-0.1, -0.05) is 0 Å². The van der Waals surface area contributed by atoms with E-state index in [9.17, 15) is 8.42 Å². The Labute approximate surface area is 90.2 Å². The SMILES string of the molecule is CN(CC1CCCOC1)S(=O)(=O)CCl. The molecule has 0 bridgehead atoms. The van der Waals surface area contributed by atoms with E-state index in [0.717, 1.165) is 19.4 Å². The van der Waals surface area contributed by atoms with Gasteiger partial charge in [0.05, 0.1) is 6.61 Å². The highest BCUT2D eigenvalue weighted by atomic mass is 35.5. The highest BCUT2D eigenvalue weighted by Gasteiger charge is 2.22. The molecule has 0 saturated carbocycles. The minimum atomic E-state index is -3.25. The lowest BCUT2D eigenvalue weighted by Gasteiger charge is -2.26. The molecule has 1 fully saturated rings. The van der Waals surface area contributed by atoms with Crippen LogP contribution >= 0.6 is 11.6 Å². The molecule has 0 aliphatic carbocycles. The first-order valence-electron chi connectivity index (χ1n) is 4.64. The van der Waals surface area contributed by atoms with E-state index in [1.54, 1.807) is 7.05 Å². The third-order valence-corrected chi connectivity index (χ3v) is 4.58. The van der Waals surface area contributed by atoms with Crippen molar-refractivity contribution in [3.63, 3.8) is 0 Å². The second-order valence-electron chi connectivity index (χ2n) is 3.58. The first kappa shape index (κ1) is 12.2. The first-order chi connectivity index (χ1) is 6.56. The molecule has 6 heteroatoms. The van der Waals surface area contributed by atoms with Crippen LogP contribution in [0.4, 0.5) is 0 Å². The summed E-state index contributed by atoms with van der Waals surface area (Å²) < 4.78 is 29.2. The molecule has 1 aliphatic heterocycles. The van der Waals surface area contributed by atoms with Gasteiger partial charge in [-0.3, -0.25) is 0 Å². The van der Waals surface area contributed by atoms with Gasteiger partial charge in [-0.05, 0) is 18.8 Å². The van der Waals surface area contributed by atoms with Crippen LogP contribution < -0.4 is 0 Å². The normalized spacial score (nSPS) is 24.1. The summed E-state index contributed by atoms with van der Waals surface area (Å²) in [5.41, 5.74) is 0. The molecule has 1 unspecified atom stereocenters. The topological polar surface area (TPSA) is 46.6 Å². The molecule has 0 spiro atoms. The zero-order valence-electron chi connectivity index (χ0n) is 8.28. The van der Waals surface area contributed by atoms with Crippen LogP contribution in [0.25, 0.3) is 0 Å². The molecular formula is C8H16ClNO3S. The van der Waals surface area contributed by atoms with Gasteiger partial charge in [0, 0.05) is 20.2 Å². The molecule has 0 radical (unpaired) electrons. The van der Waals surface area contributed by atoms with Crippen LogP contribution in [0.5, 0.6) is 0 Å². The van der Waals surface area contributed by atoms with Crippen LogP contribution in [0.15, 0.2) is 0 Å². The van der Waals surface area contributed by atoms with Crippen LogP contribution in [0.2, 0.25) is 0 Å². The predicted molar refractivity (Wildman–Crippen MR) is 55.8 cm³/mol. The Kier molecular flexibility index (Phi) is 4.63. The first-order valence-corrected chi connectivity index (χ1v) is 6.78. The van der Waals surface area contributed by atoms with E-state index in [-0.39, 0.29) is 5.21 Å². The van der Waals surface area contributed by atoms with Crippen LogP contribution in [-0.2, 0) is 14.8 Å². The van der Waals surface area contributed by atoms with Crippen molar-refractivity contribution in [2.75, 3.05) is 32.0 Å². The number of hydrogen-bond donors (Lipinski definition) is 0. The highest BCUT2D eigenvalue weighted by Crippen LogP contribution is 2.16. The molecule has 1 atom stereocenters. The number of halogens is 1. The maximum Gasteiger partial charge on any atom is 0.227 e. The van der Waals surface area contributed by atoms with E-state index in [2.05, 4.69) is 0 Å². The van der Waals surface area contributed by atoms with E-state index in [1.807, 2.05) is 0 Å². The number of rotatable bonds is 4. The van der Waals surface area contributed by atoms with Gasteiger partial charge in [-0.15, -0.1) is 11.6 Å². The summed E-state index contributed by atoms with van der Waals surface area (Å²) in [6, 6.07) is 0. The van der Waals surface area contributed by atoms with Gasteiger partial charge in [0.2, 0.25) is 10.0 Å². The van der Waals surface area contributed by atoms with Crippen molar-refractivity contribution in [2.45, 2.75) is 12.8 Å². The molecular weight excluding hydrogens is 226 g/mol. The average Bonchev–Trinajstić information content (AvgIpc) is 2.19. The second kappa shape index (κ2) is 5.30. The Bertz CT molecular complexity index is 262. The largest absolute Gasteiger partial charge is 0.381 e. The number of sulfonamides is 1. The average molecular weight is 242 g/mol. The Morgan fingerprint density at radius 3 is 2.79 bits per heavy atom. The molecule has 1 heterocycles. The smallest absolute Gasteiger partial charge is 0.227 e. The molecule has 1 aliphatic rings. The molecule has 14 heavy (non-hydrogen) atoms. The summed E-state index contributed by atoms with van der Waals surface area (Å²) in [6.07, 6.45) is 2.04. The van der Waals surface area contributed by atoms with Gasteiger partial charge >= 0.3 is 0 Å². The second-order valence-corrected chi connectivity index (χ2v) is 6.24. The molecule has 1 saturated heterocycles. The molecule has 0 aromatic heterocycles. The maximum atomic E-state index is 11.3. The molecule has 0 amide bonds. The van der Waals surface area contributed by atoms with Crippen molar-refractivity contribution < 1.29 is 13.2 Å². The van der Waals surface area contributed by atoms with E-state index >= 15 is 0 Å². The van der Waals surface area contributed by atoms with Crippen molar-refractivity contribution in [3.8, 4) is 0 Å². The summed E-state index contributed by atoms with van der Waals surface area (Å²) in [6.45, 7) is 1.96. The molecule has 0 aromatic carbocycles. The summed E-state index contributed by atoms with van der Waals surface area (Å²) >= 11 is 5.34. The zero-order chi connectivity index (χ0) is 10.6. The zero-order valence-corrected chi connectivity index (χ0v) is 9.85. The molecule has 1 rings (SSSR count). The van der Waals surface area contributed by atoms with Gasteiger partial charge in [-0.2, -0.15) is 0 Å². The van der Waals surface area contributed by atoms with E-state index in [4.69, 9.17) is 16.3 Å². The Balaban J connectivity index is 2.43. The van der Waals surface area contributed by atoms with Crippen molar-refractivity contribution in [3.05, 3.63) is 0 Å². The Morgan fingerprint density at radius 1 is 1.57 bits per heavy atom. The summed E-state index contributed by atoms with van der Waals surface area (Å²) in [5, 5.41) is -0.350. The van der Waals surface area contributed by atoms with Crippen molar-refractivity contribution in [1.82, 2.24) is 4.31 Å². The van der Waals surface area contributed by atoms with E-state index < -0.39 is 10.0 Å². The summed E-state index contributed by atoms with van der Waals surface area (Å²) in [4.78, 5) is 0. The Morgan fingerprint density at radius 2 is 2.29 bits per heavy atom. The highest BCUT2D eigenvalue weighted by molar-refractivity contribution is 7.90. The van der Waals surface area contributed by atoms with Gasteiger partial charge < -0.3 is 4.74 Å². The molecule has 0 aromatic rings. The number of hydrogen-bond acceptors (Lipinski definition) is 3. The van der Waals surface area contributed by atoms with Gasteiger partial charge in [0.25, 0.3) is 0 Å². The van der Waals surface area contributed by atoms with Crippen LogP contribution in [0, 0.1) is 5.92 Å². The standard InChI is InChI=1S/C8H16ClNO3S/c1-10(14(11,12)7-9)5-8-3-2-4-13-6-8/h8H,2-7H2,1H3. The number of ether oxygens (including phenoxy) is 1. The minimum Gasteiger partial charge on any atom is -0.381 e. The third kappa shape index (κ3) is 3.38. The predicted octanol–water partition coefficient (Wildman–Crippen LogP) is 0.871. The lowest BCUT2D eigenvalue weighted by molar-refractivity contribution is 0.0495. The quantitative estimate of drug-likeness (QED) is 0.687. The molecule has 84 valence electrons. The lowest BCUT2D eigenvalue weighted by atomic mass is 10.0. The van der Waals surface area contributed by atoms with Gasteiger partial charge in [-0.25, -0.2) is 12.7 Å². The lowest BCUT2D eigenvalue weighted by Crippen LogP contribution is -2.35. The summed E-state index contributed by atoms with van der Waals surface area (Å²) in [7, 11) is -1.69. The number of nitrogens with zero attached hydrogens (tertiary/aromatic N) is 1. The third-order valence-electron chi connectivity index (χ3n) is 2.38. The monoisotopic (exact) mass is 241 g/mol. The molecule has 4 nitrogen and oxygen atoms in total. The fourth-order valence-corrected chi connectivity index (χ4v) is 2.62. The summed E-state index contributed by atoms with van der Waals surface area (Å²) in [5.74, 6) is 0.312. The Hall–Kier alpha value is 0.160. The van der Waals surface area contributed by atoms with E-state index in [0.29, 0.717) is 19.1 Å². The van der Waals surface area contributed by atoms with Crippen LogP contribution in [-0.4, -0.2) is 44.7 Å². The van der Waals surface area contributed by atoms with Crippen molar-refractivity contribution in [1.29, 1.82) is 0 Å². The van der Waals surface area contributed by atoms with Gasteiger partial charge in [0.15, 0.2) is 0 Å². The van der Waals surface area contributed by atoms with Crippen LogP contribution in [0.3, 0.4) is 0 Å². The number of alkyl halides is 1. The van der Waals surface area contributed by atoms with Crippen molar-refractivity contribution >= 4 is 21.6 Å². The molecule has 0 N–H and O–H groups in total. The van der Waals surface area contributed by atoms with E-state index in [1.165, 1.54) is 4.31 Å². The fourth-order valence-electron chi connectivity index (χ4n) is 1.51.